The van der Waals surface area contributed by atoms with Crippen molar-refractivity contribution in [2.45, 2.75) is 44.4 Å². The quantitative estimate of drug-likeness (QED) is 0.856. The molecule has 0 aromatic rings. The number of likely N-dealkylation sites (tertiary alicyclic amines) is 1. The zero-order valence-electron chi connectivity index (χ0n) is 11.6. The summed E-state index contributed by atoms with van der Waals surface area (Å²) in [6.07, 6.45) is 2.61. The van der Waals surface area contributed by atoms with Crippen molar-refractivity contribution in [3.63, 3.8) is 0 Å². The van der Waals surface area contributed by atoms with Gasteiger partial charge in [0.15, 0.2) is 0 Å². The molecule has 0 aromatic carbocycles. The molecule has 1 heterocycles. The van der Waals surface area contributed by atoms with Gasteiger partial charge in [0.05, 0.1) is 0 Å². The van der Waals surface area contributed by atoms with Crippen LogP contribution in [-0.4, -0.2) is 43.4 Å². The van der Waals surface area contributed by atoms with E-state index in [1.807, 2.05) is 11.9 Å². The van der Waals surface area contributed by atoms with Crippen LogP contribution in [-0.2, 0) is 4.79 Å². The minimum Gasteiger partial charge on any atom is -0.342 e. The number of alkyl halides is 2. The molecule has 110 valence electrons. The van der Waals surface area contributed by atoms with Crippen LogP contribution in [0.2, 0.25) is 0 Å². The number of piperidine rings is 1. The van der Waals surface area contributed by atoms with Gasteiger partial charge in [-0.1, -0.05) is 0 Å². The SMILES string of the molecule is CNCC1CCCN(C(=O)C2CCC(F)(F)CC2)C1. The zero-order valence-corrected chi connectivity index (χ0v) is 11.6. The maximum atomic E-state index is 13.1. The second kappa shape index (κ2) is 6.16. The van der Waals surface area contributed by atoms with Crippen molar-refractivity contribution in [3.05, 3.63) is 0 Å². The number of amides is 1. The van der Waals surface area contributed by atoms with Gasteiger partial charge in [-0.15, -0.1) is 0 Å². The first kappa shape index (κ1) is 14.7. The van der Waals surface area contributed by atoms with E-state index >= 15 is 0 Å². The fraction of sp³-hybridized carbons (Fsp3) is 0.929. The molecule has 1 N–H and O–H groups in total. The molecular weight excluding hydrogens is 250 g/mol. The highest BCUT2D eigenvalue weighted by molar-refractivity contribution is 5.79. The summed E-state index contributed by atoms with van der Waals surface area (Å²) in [6.45, 7) is 2.50. The van der Waals surface area contributed by atoms with Crippen LogP contribution in [0.25, 0.3) is 0 Å². The Kier molecular flexibility index (Phi) is 4.76. The van der Waals surface area contributed by atoms with E-state index in [9.17, 15) is 13.6 Å². The molecule has 2 fully saturated rings. The molecule has 2 aliphatic rings. The predicted molar refractivity (Wildman–Crippen MR) is 70.1 cm³/mol. The summed E-state index contributed by atoms with van der Waals surface area (Å²) < 4.78 is 26.2. The summed E-state index contributed by atoms with van der Waals surface area (Å²) in [5.41, 5.74) is 0. The molecule has 0 radical (unpaired) electrons. The molecule has 1 amide bonds. The van der Waals surface area contributed by atoms with Crippen LogP contribution < -0.4 is 5.32 Å². The highest BCUT2D eigenvalue weighted by atomic mass is 19.3. The third-order valence-electron chi connectivity index (χ3n) is 4.39. The van der Waals surface area contributed by atoms with Gasteiger partial charge >= 0.3 is 0 Å². The van der Waals surface area contributed by atoms with Crippen molar-refractivity contribution >= 4 is 5.91 Å². The summed E-state index contributed by atoms with van der Waals surface area (Å²) >= 11 is 0. The second-order valence-electron chi connectivity index (χ2n) is 5.98. The molecule has 2 rings (SSSR count). The van der Waals surface area contributed by atoms with Gasteiger partial charge < -0.3 is 10.2 Å². The molecule has 19 heavy (non-hydrogen) atoms. The first-order valence-electron chi connectivity index (χ1n) is 7.33. The smallest absolute Gasteiger partial charge is 0.248 e. The number of rotatable bonds is 3. The van der Waals surface area contributed by atoms with Gasteiger partial charge in [0.1, 0.15) is 0 Å². The van der Waals surface area contributed by atoms with E-state index in [4.69, 9.17) is 0 Å². The molecule has 3 nitrogen and oxygen atoms in total. The number of nitrogens with one attached hydrogen (secondary N) is 1. The Bertz CT molecular complexity index is 311. The third-order valence-corrected chi connectivity index (χ3v) is 4.39. The predicted octanol–water partition coefficient (Wildman–Crippen LogP) is 2.27. The Balaban J connectivity index is 1.85. The molecule has 5 heteroatoms. The van der Waals surface area contributed by atoms with Crippen molar-refractivity contribution in [2.24, 2.45) is 11.8 Å². The van der Waals surface area contributed by atoms with E-state index < -0.39 is 5.92 Å². The Morgan fingerprint density at radius 2 is 2.00 bits per heavy atom. The first-order valence-corrected chi connectivity index (χ1v) is 7.33. The summed E-state index contributed by atoms with van der Waals surface area (Å²) in [4.78, 5) is 14.3. The number of carbonyl (C=O) groups is 1. The zero-order chi connectivity index (χ0) is 13.9. The summed E-state index contributed by atoms with van der Waals surface area (Å²) in [7, 11) is 1.92. The van der Waals surface area contributed by atoms with Crippen LogP contribution in [0.5, 0.6) is 0 Å². The van der Waals surface area contributed by atoms with Gasteiger partial charge in [-0.05, 0) is 45.2 Å². The lowest BCUT2D eigenvalue weighted by Gasteiger charge is -2.36. The van der Waals surface area contributed by atoms with Gasteiger partial charge in [-0.2, -0.15) is 0 Å². The average molecular weight is 274 g/mol. The summed E-state index contributed by atoms with van der Waals surface area (Å²) in [5.74, 6) is -2.11. The van der Waals surface area contributed by atoms with E-state index in [0.717, 1.165) is 32.5 Å². The van der Waals surface area contributed by atoms with Crippen LogP contribution in [0, 0.1) is 11.8 Å². The average Bonchev–Trinajstić information content (AvgIpc) is 2.39. The minimum atomic E-state index is -2.55. The highest BCUT2D eigenvalue weighted by Crippen LogP contribution is 2.37. The molecule has 1 saturated carbocycles. The molecule has 0 bridgehead atoms. The Labute approximate surface area is 113 Å². The summed E-state index contributed by atoms with van der Waals surface area (Å²) in [6, 6.07) is 0. The van der Waals surface area contributed by atoms with Gasteiger partial charge in [-0.3, -0.25) is 4.79 Å². The fourth-order valence-corrected chi connectivity index (χ4v) is 3.27. The Hall–Kier alpha value is -0.710. The van der Waals surface area contributed by atoms with E-state index in [1.54, 1.807) is 0 Å². The van der Waals surface area contributed by atoms with Gasteiger partial charge in [0.2, 0.25) is 11.8 Å². The summed E-state index contributed by atoms with van der Waals surface area (Å²) in [5, 5.41) is 3.15. The van der Waals surface area contributed by atoms with E-state index in [0.29, 0.717) is 18.8 Å². The van der Waals surface area contributed by atoms with Crippen molar-refractivity contribution in [3.8, 4) is 0 Å². The van der Waals surface area contributed by atoms with E-state index in [-0.39, 0.29) is 24.7 Å². The topological polar surface area (TPSA) is 32.3 Å². The van der Waals surface area contributed by atoms with Crippen molar-refractivity contribution in [2.75, 3.05) is 26.7 Å². The lowest BCUT2D eigenvalue weighted by Crippen LogP contribution is -2.46. The monoisotopic (exact) mass is 274 g/mol. The molecular formula is C14H24F2N2O. The fourth-order valence-electron chi connectivity index (χ4n) is 3.27. The van der Waals surface area contributed by atoms with Crippen LogP contribution in [0.1, 0.15) is 38.5 Å². The lowest BCUT2D eigenvalue weighted by molar-refractivity contribution is -0.141. The molecule has 0 spiro atoms. The largest absolute Gasteiger partial charge is 0.342 e. The van der Waals surface area contributed by atoms with Crippen LogP contribution >= 0.6 is 0 Å². The molecule has 1 saturated heterocycles. The normalized spacial score (nSPS) is 28.4. The van der Waals surface area contributed by atoms with Gasteiger partial charge in [0, 0.05) is 31.8 Å². The van der Waals surface area contributed by atoms with Crippen LogP contribution in [0.15, 0.2) is 0 Å². The number of hydrogen-bond donors (Lipinski definition) is 1. The van der Waals surface area contributed by atoms with Crippen molar-refractivity contribution in [1.29, 1.82) is 0 Å². The molecule has 1 atom stereocenters. The van der Waals surface area contributed by atoms with E-state index in [1.165, 1.54) is 0 Å². The maximum Gasteiger partial charge on any atom is 0.248 e. The maximum absolute atomic E-state index is 13.1. The first-order chi connectivity index (χ1) is 9.02. The molecule has 1 aliphatic heterocycles. The highest BCUT2D eigenvalue weighted by Gasteiger charge is 2.39. The van der Waals surface area contributed by atoms with Gasteiger partial charge in [0.25, 0.3) is 0 Å². The number of nitrogens with zero attached hydrogens (tertiary/aromatic N) is 1. The van der Waals surface area contributed by atoms with Crippen molar-refractivity contribution in [1.82, 2.24) is 10.2 Å². The minimum absolute atomic E-state index is 0.108. The van der Waals surface area contributed by atoms with Gasteiger partial charge in [-0.25, -0.2) is 8.78 Å². The molecule has 0 aromatic heterocycles. The number of carbonyl (C=O) groups excluding carboxylic acids is 1. The molecule has 1 aliphatic carbocycles. The van der Waals surface area contributed by atoms with Crippen LogP contribution in [0.4, 0.5) is 8.78 Å². The standard InChI is InChI=1S/C14H24F2N2O/c1-17-9-11-3-2-8-18(10-11)13(19)12-4-6-14(15,16)7-5-12/h11-12,17H,2-10H2,1H3. The van der Waals surface area contributed by atoms with Crippen LogP contribution in [0.3, 0.4) is 0 Å². The lowest BCUT2D eigenvalue weighted by atomic mass is 9.85. The Morgan fingerprint density at radius 3 is 2.63 bits per heavy atom. The van der Waals surface area contributed by atoms with Crippen molar-refractivity contribution < 1.29 is 13.6 Å². The number of halogens is 2. The third kappa shape index (κ3) is 3.88. The second-order valence-corrected chi connectivity index (χ2v) is 5.98. The van der Waals surface area contributed by atoms with E-state index in [2.05, 4.69) is 5.32 Å². The molecule has 1 unspecified atom stereocenters. The number of hydrogen-bond acceptors (Lipinski definition) is 2. The Morgan fingerprint density at radius 1 is 1.32 bits per heavy atom.